The molecule has 2 atom stereocenters. The smallest absolute Gasteiger partial charge is 0.247 e. The third kappa shape index (κ3) is 3.46. The van der Waals surface area contributed by atoms with E-state index in [1.54, 1.807) is 0 Å². The molecule has 0 bridgehead atoms. The van der Waals surface area contributed by atoms with E-state index in [2.05, 4.69) is 43.2 Å². The van der Waals surface area contributed by atoms with Gasteiger partial charge in [-0.25, -0.2) is 0 Å². The van der Waals surface area contributed by atoms with E-state index < -0.39 is 0 Å². The van der Waals surface area contributed by atoms with Crippen molar-refractivity contribution in [2.75, 3.05) is 0 Å². The first-order valence-corrected chi connectivity index (χ1v) is 8.12. The minimum Gasteiger partial charge on any atom is -0.419 e. The zero-order valence-electron chi connectivity index (χ0n) is 14.5. The minimum absolute atomic E-state index is 0.0262. The fourth-order valence-corrected chi connectivity index (χ4v) is 3.30. The van der Waals surface area contributed by atoms with Gasteiger partial charge in [0.05, 0.1) is 17.2 Å². The normalized spacial score (nSPS) is 23.8. The molecule has 0 amide bonds. The highest BCUT2D eigenvalue weighted by Crippen LogP contribution is 2.38. The van der Waals surface area contributed by atoms with E-state index in [4.69, 9.17) is 9.15 Å². The summed E-state index contributed by atoms with van der Waals surface area (Å²) in [7, 11) is 0. The molecule has 0 unspecified atom stereocenters. The molecule has 0 saturated carbocycles. The highest BCUT2D eigenvalue weighted by molar-refractivity contribution is 5.51. The van der Waals surface area contributed by atoms with Crippen molar-refractivity contribution in [3.8, 4) is 11.5 Å². The Bertz CT molecular complexity index is 664. The number of benzene rings is 1. The number of aromatic nitrogens is 2. The number of hydrogen-bond donors (Lipinski definition) is 1. The van der Waals surface area contributed by atoms with Gasteiger partial charge in [0, 0.05) is 11.6 Å². The van der Waals surface area contributed by atoms with E-state index in [0.29, 0.717) is 11.8 Å². The predicted molar refractivity (Wildman–Crippen MR) is 88.9 cm³/mol. The summed E-state index contributed by atoms with van der Waals surface area (Å²) in [6, 6.07) is 10.0. The monoisotopic (exact) mass is 315 g/mol. The lowest BCUT2D eigenvalue weighted by Crippen LogP contribution is -2.44. The molecule has 0 radical (unpaired) electrons. The van der Waals surface area contributed by atoms with Gasteiger partial charge in [-0.15, -0.1) is 10.2 Å². The van der Waals surface area contributed by atoms with E-state index >= 15 is 0 Å². The Morgan fingerprint density at radius 1 is 1.13 bits per heavy atom. The number of ether oxygens (including phenoxy) is 1. The number of nitrogens with one attached hydrogen (secondary N) is 1. The van der Waals surface area contributed by atoms with Crippen molar-refractivity contribution in [1.82, 2.24) is 15.5 Å². The summed E-state index contributed by atoms with van der Waals surface area (Å²) in [6.45, 7) is 10.5. The summed E-state index contributed by atoms with van der Waals surface area (Å²) < 4.78 is 12.0. The zero-order chi connectivity index (χ0) is 16.7. The van der Waals surface area contributed by atoms with Crippen molar-refractivity contribution in [3.63, 3.8) is 0 Å². The zero-order valence-corrected chi connectivity index (χ0v) is 14.5. The lowest BCUT2D eigenvalue weighted by Gasteiger charge is -2.29. The first kappa shape index (κ1) is 16.1. The first-order valence-electron chi connectivity index (χ1n) is 8.12. The molecule has 3 rings (SSSR count). The molecule has 1 aromatic heterocycles. The average Bonchev–Trinajstić information content (AvgIpc) is 3.02. The second-order valence-corrected chi connectivity index (χ2v) is 7.42. The van der Waals surface area contributed by atoms with E-state index in [1.165, 1.54) is 0 Å². The molecule has 1 aromatic carbocycles. The van der Waals surface area contributed by atoms with Gasteiger partial charge in [0.15, 0.2) is 0 Å². The Labute approximate surface area is 137 Å². The van der Waals surface area contributed by atoms with Crippen LogP contribution in [0.15, 0.2) is 34.7 Å². The van der Waals surface area contributed by atoms with Crippen molar-refractivity contribution in [2.24, 2.45) is 0 Å². The quantitative estimate of drug-likeness (QED) is 0.931. The molecule has 1 saturated heterocycles. The van der Waals surface area contributed by atoms with Crippen LogP contribution in [0, 0.1) is 0 Å². The highest BCUT2D eigenvalue weighted by atomic mass is 16.5. The molecule has 5 nitrogen and oxygen atoms in total. The molecule has 1 fully saturated rings. The van der Waals surface area contributed by atoms with Crippen LogP contribution in [0.2, 0.25) is 0 Å². The molecule has 1 aliphatic rings. The topological polar surface area (TPSA) is 60.2 Å². The van der Waals surface area contributed by atoms with Crippen LogP contribution in [-0.4, -0.2) is 27.4 Å². The summed E-state index contributed by atoms with van der Waals surface area (Å²) >= 11 is 0. The van der Waals surface area contributed by atoms with Crippen LogP contribution in [0.1, 0.15) is 53.0 Å². The van der Waals surface area contributed by atoms with Crippen LogP contribution in [0.5, 0.6) is 0 Å². The third-order valence-electron chi connectivity index (χ3n) is 4.36. The largest absolute Gasteiger partial charge is 0.419 e. The van der Waals surface area contributed by atoms with Gasteiger partial charge in [0.2, 0.25) is 11.8 Å². The molecule has 0 spiro atoms. The molecule has 1 N–H and O–H groups in total. The Morgan fingerprint density at radius 2 is 1.83 bits per heavy atom. The summed E-state index contributed by atoms with van der Waals surface area (Å²) in [4.78, 5) is 0. The van der Waals surface area contributed by atoms with E-state index in [9.17, 15) is 0 Å². The maximum atomic E-state index is 6.13. The van der Waals surface area contributed by atoms with E-state index in [0.717, 1.165) is 12.0 Å². The maximum absolute atomic E-state index is 6.13. The first-order chi connectivity index (χ1) is 10.8. The lowest BCUT2D eigenvalue weighted by molar-refractivity contribution is -0.0705. The average molecular weight is 315 g/mol. The Hall–Kier alpha value is -1.72. The lowest BCUT2D eigenvalue weighted by atomic mass is 9.94. The van der Waals surface area contributed by atoms with E-state index in [1.807, 2.05) is 37.3 Å². The summed E-state index contributed by atoms with van der Waals surface area (Å²) in [5.74, 6) is 1.15. The Morgan fingerprint density at radius 3 is 2.43 bits per heavy atom. The second-order valence-electron chi connectivity index (χ2n) is 7.42. The number of rotatable bonds is 4. The summed E-state index contributed by atoms with van der Waals surface area (Å²) in [5, 5.41) is 11.9. The molecule has 2 heterocycles. The molecular formula is C18H25N3O2. The van der Waals surface area contributed by atoms with Crippen LogP contribution in [0.25, 0.3) is 11.5 Å². The van der Waals surface area contributed by atoms with Gasteiger partial charge in [-0.2, -0.15) is 0 Å². The summed E-state index contributed by atoms with van der Waals surface area (Å²) in [6.07, 6.45) is 0.948. The fraction of sp³-hybridized carbons (Fsp3) is 0.556. The van der Waals surface area contributed by atoms with Crippen molar-refractivity contribution < 1.29 is 9.15 Å². The van der Waals surface area contributed by atoms with Crippen LogP contribution < -0.4 is 5.32 Å². The van der Waals surface area contributed by atoms with Crippen LogP contribution in [-0.2, 0) is 4.74 Å². The van der Waals surface area contributed by atoms with E-state index in [-0.39, 0.29) is 23.3 Å². The molecule has 0 aliphatic carbocycles. The van der Waals surface area contributed by atoms with Crippen molar-refractivity contribution in [2.45, 2.75) is 64.3 Å². The van der Waals surface area contributed by atoms with Gasteiger partial charge in [-0.05, 0) is 53.2 Å². The molecule has 23 heavy (non-hydrogen) atoms. The Kier molecular flexibility index (Phi) is 4.02. The minimum atomic E-state index is -0.222. The molecule has 5 heteroatoms. The SMILES string of the molecule is C[C@@H](N[C@H]1CC(C)(C)OC1(C)C)c1nnc(-c2ccccc2)o1. The molecular weight excluding hydrogens is 290 g/mol. The van der Waals surface area contributed by atoms with Gasteiger partial charge in [0.1, 0.15) is 0 Å². The van der Waals surface area contributed by atoms with Gasteiger partial charge >= 0.3 is 0 Å². The predicted octanol–water partition coefficient (Wildman–Crippen LogP) is 3.73. The van der Waals surface area contributed by atoms with Crippen molar-refractivity contribution in [1.29, 1.82) is 0 Å². The molecule has 2 aromatic rings. The van der Waals surface area contributed by atoms with Crippen LogP contribution in [0.3, 0.4) is 0 Å². The van der Waals surface area contributed by atoms with Crippen LogP contribution in [0.4, 0.5) is 0 Å². The summed E-state index contributed by atoms with van der Waals surface area (Å²) in [5.41, 5.74) is 0.592. The van der Waals surface area contributed by atoms with Gasteiger partial charge in [-0.1, -0.05) is 18.2 Å². The standard InChI is InChI=1S/C18H25N3O2/c1-12(19-14-11-17(2,3)23-18(14,4)5)15-20-21-16(22-15)13-9-7-6-8-10-13/h6-10,12,14,19H,11H2,1-5H3/t12-,14+/m1/s1. The van der Waals surface area contributed by atoms with Gasteiger partial charge < -0.3 is 14.5 Å². The van der Waals surface area contributed by atoms with Crippen LogP contribution >= 0.6 is 0 Å². The Balaban J connectivity index is 1.72. The molecule has 1 aliphatic heterocycles. The highest BCUT2D eigenvalue weighted by Gasteiger charge is 2.46. The van der Waals surface area contributed by atoms with Gasteiger partial charge in [0.25, 0.3) is 0 Å². The van der Waals surface area contributed by atoms with Crippen molar-refractivity contribution in [3.05, 3.63) is 36.2 Å². The maximum Gasteiger partial charge on any atom is 0.247 e. The fourth-order valence-electron chi connectivity index (χ4n) is 3.30. The number of hydrogen-bond acceptors (Lipinski definition) is 5. The van der Waals surface area contributed by atoms with Crippen molar-refractivity contribution >= 4 is 0 Å². The number of nitrogens with zero attached hydrogens (tertiary/aromatic N) is 2. The van der Waals surface area contributed by atoms with Gasteiger partial charge in [-0.3, -0.25) is 0 Å². The molecule has 124 valence electrons. The third-order valence-corrected chi connectivity index (χ3v) is 4.36. The second kappa shape index (κ2) is 5.73.